The molecule has 1 N–H and O–H groups in total. The summed E-state index contributed by atoms with van der Waals surface area (Å²) in [5, 5.41) is 3.02. The van der Waals surface area contributed by atoms with E-state index < -0.39 is 0 Å². The lowest BCUT2D eigenvalue weighted by Gasteiger charge is -2.36. The fraction of sp³-hybridized carbons (Fsp3) is 0.458. The molecule has 1 amide bonds. The quantitative estimate of drug-likeness (QED) is 0.798. The van der Waals surface area contributed by atoms with Crippen molar-refractivity contribution < 1.29 is 9.53 Å². The standard InChI is InChI=1S/C24H33N3O2/c1-5-29-22-9-7-6-8-21(22)27-16-14-26(15-17-27)18-23(28)25-20-12-10-19(11-13-20)24(2,3)4/h6-13H,5,14-18H2,1-4H3,(H,25,28). The molecule has 0 atom stereocenters. The summed E-state index contributed by atoms with van der Waals surface area (Å²) in [5.41, 5.74) is 3.37. The third-order valence-corrected chi connectivity index (χ3v) is 5.28. The molecule has 1 heterocycles. The first-order valence-corrected chi connectivity index (χ1v) is 10.5. The van der Waals surface area contributed by atoms with Gasteiger partial charge >= 0.3 is 0 Å². The highest BCUT2D eigenvalue weighted by Gasteiger charge is 2.21. The highest BCUT2D eigenvalue weighted by molar-refractivity contribution is 5.92. The summed E-state index contributed by atoms with van der Waals surface area (Å²) in [6.45, 7) is 13.1. The lowest BCUT2D eigenvalue weighted by atomic mass is 9.87. The van der Waals surface area contributed by atoms with Crippen molar-refractivity contribution in [2.45, 2.75) is 33.1 Å². The lowest BCUT2D eigenvalue weighted by Crippen LogP contribution is -2.48. The van der Waals surface area contributed by atoms with Crippen LogP contribution in [0.15, 0.2) is 48.5 Å². The van der Waals surface area contributed by atoms with E-state index in [1.165, 1.54) is 5.56 Å². The summed E-state index contributed by atoms with van der Waals surface area (Å²) >= 11 is 0. The molecular formula is C24H33N3O2. The maximum atomic E-state index is 12.5. The van der Waals surface area contributed by atoms with Crippen LogP contribution in [-0.2, 0) is 10.2 Å². The Labute approximate surface area is 174 Å². The number of carbonyl (C=O) groups is 1. The minimum atomic E-state index is 0.0386. The Morgan fingerprint density at radius 3 is 2.28 bits per heavy atom. The SMILES string of the molecule is CCOc1ccccc1N1CCN(CC(=O)Nc2ccc(C(C)(C)C)cc2)CC1. The van der Waals surface area contributed by atoms with Crippen LogP contribution in [0.1, 0.15) is 33.3 Å². The lowest BCUT2D eigenvalue weighted by molar-refractivity contribution is -0.117. The van der Waals surface area contributed by atoms with Gasteiger partial charge in [0.2, 0.25) is 5.91 Å². The summed E-state index contributed by atoms with van der Waals surface area (Å²) in [7, 11) is 0. The van der Waals surface area contributed by atoms with E-state index in [-0.39, 0.29) is 11.3 Å². The number of anilines is 2. The van der Waals surface area contributed by atoms with Gasteiger partial charge in [-0.15, -0.1) is 0 Å². The van der Waals surface area contributed by atoms with Gasteiger partial charge in [-0.05, 0) is 42.2 Å². The van der Waals surface area contributed by atoms with E-state index in [4.69, 9.17) is 4.74 Å². The smallest absolute Gasteiger partial charge is 0.238 e. The molecule has 0 saturated carbocycles. The van der Waals surface area contributed by atoms with Crippen molar-refractivity contribution in [2.24, 2.45) is 0 Å². The Morgan fingerprint density at radius 1 is 1.00 bits per heavy atom. The van der Waals surface area contributed by atoms with Crippen LogP contribution in [-0.4, -0.2) is 50.1 Å². The first-order chi connectivity index (χ1) is 13.9. The van der Waals surface area contributed by atoms with Crippen molar-refractivity contribution in [2.75, 3.05) is 49.5 Å². The zero-order valence-corrected chi connectivity index (χ0v) is 18.1. The maximum absolute atomic E-state index is 12.5. The molecule has 0 radical (unpaired) electrons. The van der Waals surface area contributed by atoms with E-state index in [1.54, 1.807) is 0 Å². The molecule has 0 aromatic heterocycles. The van der Waals surface area contributed by atoms with E-state index in [0.29, 0.717) is 13.2 Å². The van der Waals surface area contributed by atoms with Crippen LogP contribution in [0.3, 0.4) is 0 Å². The van der Waals surface area contributed by atoms with E-state index >= 15 is 0 Å². The molecule has 0 aliphatic carbocycles. The molecular weight excluding hydrogens is 362 g/mol. The average Bonchev–Trinajstić information content (AvgIpc) is 2.69. The summed E-state index contributed by atoms with van der Waals surface area (Å²) in [5.74, 6) is 0.969. The van der Waals surface area contributed by atoms with E-state index in [9.17, 15) is 4.79 Å². The summed E-state index contributed by atoms with van der Waals surface area (Å²) < 4.78 is 5.76. The highest BCUT2D eigenvalue weighted by Crippen LogP contribution is 2.29. The van der Waals surface area contributed by atoms with Crippen LogP contribution in [0, 0.1) is 0 Å². The van der Waals surface area contributed by atoms with Crippen LogP contribution < -0.4 is 15.0 Å². The van der Waals surface area contributed by atoms with Gasteiger partial charge in [-0.3, -0.25) is 9.69 Å². The second kappa shape index (κ2) is 9.31. The third kappa shape index (κ3) is 5.73. The van der Waals surface area contributed by atoms with Gasteiger partial charge in [0.1, 0.15) is 5.75 Å². The van der Waals surface area contributed by atoms with Crippen molar-refractivity contribution in [3.8, 4) is 5.75 Å². The second-order valence-electron chi connectivity index (χ2n) is 8.54. The molecule has 2 aromatic carbocycles. The minimum absolute atomic E-state index is 0.0386. The van der Waals surface area contributed by atoms with Gasteiger partial charge in [-0.25, -0.2) is 0 Å². The number of amides is 1. The van der Waals surface area contributed by atoms with Crippen molar-refractivity contribution >= 4 is 17.3 Å². The van der Waals surface area contributed by atoms with Crippen LogP contribution in [0.5, 0.6) is 5.75 Å². The van der Waals surface area contributed by atoms with E-state index in [2.05, 4.69) is 54.1 Å². The van der Waals surface area contributed by atoms with Gasteiger partial charge in [-0.2, -0.15) is 0 Å². The molecule has 1 aliphatic heterocycles. The Balaban J connectivity index is 1.50. The maximum Gasteiger partial charge on any atom is 0.238 e. The largest absolute Gasteiger partial charge is 0.492 e. The molecule has 3 rings (SSSR count). The number of hydrogen-bond donors (Lipinski definition) is 1. The first-order valence-electron chi connectivity index (χ1n) is 10.5. The number of nitrogens with zero attached hydrogens (tertiary/aromatic N) is 2. The first kappa shape index (κ1) is 21.2. The Hall–Kier alpha value is -2.53. The number of hydrogen-bond acceptors (Lipinski definition) is 4. The summed E-state index contributed by atoms with van der Waals surface area (Å²) in [6.07, 6.45) is 0. The van der Waals surface area contributed by atoms with E-state index in [1.807, 2.05) is 37.3 Å². The molecule has 1 fully saturated rings. The molecule has 5 nitrogen and oxygen atoms in total. The number of piperazine rings is 1. The van der Waals surface area contributed by atoms with Gasteiger partial charge in [0.05, 0.1) is 18.8 Å². The number of para-hydroxylation sites is 2. The summed E-state index contributed by atoms with van der Waals surface area (Å²) in [6, 6.07) is 16.3. The topological polar surface area (TPSA) is 44.8 Å². The number of nitrogens with one attached hydrogen (secondary N) is 1. The fourth-order valence-corrected chi connectivity index (χ4v) is 3.60. The molecule has 0 unspecified atom stereocenters. The van der Waals surface area contributed by atoms with Crippen molar-refractivity contribution in [1.82, 2.24) is 4.90 Å². The van der Waals surface area contributed by atoms with Crippen molar-refractivity contribution in [3.63, 3.8) is 0 Å². The van der Waals surface area contributed by atoms with Gasteiger partial charge in [-0.1, -0.05) is 45.0 Å². The third-order valence-electron chi connectivity index (χ3n) is 5.28. The monoisotopic (exact) mass is 395 g/mol. The van der Waals surface area contributed by atoms with Crippen LogP contribution in [0.4, 0.5) is 11.4 Å². The Bertz CT molecular complexity index is 804. The van der Waals surface area contributed by atoms with Gasteiger partial charge in [0, 0.05) is 31.9 Å². The van der Waals surface area contributed by atoms with Gasteiger partial charge < -0.3 is 15.0 Å². The molecule has 1 aliphatic rings. The predicted molar refractivity (Wildman–Crippen MR) is 120 cm³/mol. The van der Waals surface area contributed by atoms with Crippen LogP contribution in [0.2, 0.25) is 0 Å². The van der Waals surface area contributed by atoms with Crippen molar-refractivity contribution in [3.05, 3.63) is 54.1 Å². The van der Waals surface area contributed by atoms with Crippen LogP contribution in [0.25, 0.3) is 0 Å². The molecule has 5 heteroatoms. The molecule has 156 valence electrons. The molecule has 1 saturated heterocycles. The van der Waals surface area contributed by atoms with Gasteiger partial charge in [0.25, 0.3) is 0 Å². The Kier molecular flexibility index (Phi) is 6.80. The molecule has 2 aromatic rings. The normalized spacial score (nSPS) is 15.2. The highest BCUT2D eigenvalue weighted by atomic mass is 16.5. The molecule has 29 heavy (non-hydrogen) atoms. The molecule has 0 bridgehead atoms. The fourth-order valence-electron chi connectivity index (χ4n) is 3.60. The number of ether oxygens (including phenoxy) is 1. The predicted octanol–water partition coefficient (Wildman–Crippen LogP) is 4.14. The van der Waals surface area contributed by atoms with E-state index in [0.717, 1.165) is 43.3 Å². The second-order valence-corrected chi connectivity index (χ2v) is 8.54. The molecule has 0 spiro atoms. The minimum Gasteiger partial charge on any atom is -0.492 e. The number of carbonyl (C=O) groups excluding carboxylic acids is 1. The Morgan fingerprint density at radius 2 is 1.66 bits per heavy atom. The average molecular weight is 396 g/mol. The number of benzene rings is 2. The van der Waals surface area contributed by atoms with Crippen LogP contribution >= 0.6 is 0 Å². The zero-order valence-electron chi connectivity index (χ0n) is 18.1. The zero-order chi connectivity index (χ0) is 20.9. The number of rotatable bonds is 6. The van der Waals surface area contributed by atoms with Crippen molar-refractivity contribution in [1.29, 1.82) is 0 Å². The summed E-state index contributed by atoms with van der Waals surface area (Å²) in [4.78, 5) is 17.0. The van der Waals surface area contributed by atoms with Gasteiger partial charge in [0.15, 0.2) is 0 Å².